The van der Waals surface area contributed by atoms with Crippen LogP contribution in [0.15, 0.2) is 109 Å². The van der Waals surface area contributed by atoms with Gasteiger partial charge in [0, 0.05) is 72.7 Å². The van der Waals surface area contributed by atoms with Crippen LogP contribution in [0.25, 0.3) is 33.2 Å². The second-order valence-electron chi connectivity index (χ2n) is 20.4. The molecule has 0 bridgehead atoms. The molecule has 1 unspecified atom stereocenters. The fourth-order valence-electron chi connectivity index (χ4n) is 10.3. The molecule has 0 spiro atoms. The van der Waals surface area contributed by atoms with Crippen molar-refractivity contribution in [3.63, 3.8) is 0 Å². The van der Waals surface area contributed by atoms with Gasteiger partial charge < -0.3 is 48.9 Å². The third kappa shape index (κ3) is 14.8. The molecule has 0 radical (unpaired) electrons. The molecule has 8 aromatic rings. The van der Waals surface area contributed by atoms with E-state index >= 15 is 8.78 Å². The first-order valence-electron chi connectivity index (χ1n) is 27.1. The number of aromatic carboxylic acids is 1. The van der Waals surface area contributed by atoms with E-state index in [1.165, 1.54) is 31.4 Å². The Hall–Kier alpha value is -7.20. The van der Waals surface area contributed by atoms with Crippen LogP contribution in [0, 0.1) is 23.3 Å². The number of hydrogen-bond acceptors (Lipinski definition) is 14. The summed E-state index contributed by atoms with van der Waals surface area (Å²) in [7, 11) is 1.23. The van der Waals surface area contributed by atoms with Gasteiger partial charge >= 0.3 is 30.8 Å². The minimum absolute atomic E-state index is 0. The number of carbonyl (C=O) groups is 2. The largest absolute Gasteiger partial charge is 1.00 e. The van der Waals surface area contributed by atoms with Crippen molar-refractivity contribution in [3.8, 4) is 11.8 Å². The molecule has 0 amide bonds. The van der Waals surface area contributed by atoms with Crippen molar-refractivity contribution in [1.29, 1.82) is 0 Å². The third-order valence-corrected chi connectivity index (χ3v) is 15.5. The summed E-state index contributed by atoms with van der Waals surface area (Å²) in [6.45, 7) is 6.01. The zero-order valence-corrected chi connectivity index (χ0v) is 48.5. The second kappa shape index (κ2) is 29.0. The number of esters is 1. The SMILES string of the molecule is COC(=O)c1ccc2nc(CN3CC=C(c4cccc(OCc5ccc(Cl)cc5F)n4)CC3)n(C[C@@H]3CCO3)c2c1F.O.O=C(O)c1ccc2nc(CN3CC=C(c4cccc(OCc5ccc(Cl)cc5F)n4)CC3)n(CC3CCO3)c2c1F.[Li+].[OH-]. The third-order valence-electron chi connectivity index (χ3n) is 15.0. The van der Waals surface area contributed by atoms with Gasteiger partial charge in [-0.2, -0.15) is 0 Å². The van der Waals surface area contributed by atoms with Gasteiger partial charge in [-0.25, -0.2) is 47.1 Å². The first-order chi connectivity index (χ1) is 40.2. The molecule has 4 N–H and O–H groups in total. The maximum Gasteiger partial charge on any atom is 1.00 e. The number of carboxylic acids is 1. The quantitative estimate of drug-likeness (QED) is 0.0497. The fraction of sp³-hybridized carbons (Fsp3) is 0.311. The predicted molar refractivity (Wildman–Crippen MR) is 308 cm³/mol. The number of imidazole rings is 2. The second-order valence-corrected chi connectivity index (χ2v) is 21.3. The number of halogens is 6. The van der Waals surface area contributed by atoms with Crippen LogP contribution in [0.5, 0.6) is 11.8 Å². The summed E-state index contributed by atoms with van der Waals surface area (Å²) in [5.74, 6) is -2.12. The molecule has 4 aromatic carbocycles. The minimum atomic E-state index is -1.31. The zero-order chi connectivity index (χ0) is 57.7. The molecule has 2 fully saturated rings. The van der Waals surface area contributed by atoms with E-state index in [0.29, 0.717) is 108 Å². The van der Waals surface area contributed by atoms with Gasteiger partial charge in [-0.15, -0.1) is 0 Å². The van der Waals surface area contributed by atoms with E-state index in [0.717, 1.165) is 61.3 Å². The Morgan fingerprint density at radius 3 is 1.47 bits per heavy atom. The number of carboxylic acid groups (broad SMARTS) is 1. The summed E-state index contributed by atoms with van der Waals surface area (Å²) in [5, 5.41) is 10.1. The van der Waals surface area contributed by atoms with E-state index in [9.17, 15) is 23.5 Å². The Morgan fingerprint density at radius 2 is 1.08 bits per heavy atom. The summed E-state index contributed by atoms with van der Waals surface area (Å²) in [6.07, 6.45) is 7.36. The average Bonchev–Trinajstić information content (AvgIpc) is 1.97. The van der Waals surface area contributed by atoms with Gasteiger partial charge in [0.15, 0.2) is 11.6 Å². The van der Waals surface area contributed by atoms with Gasteiger partial charge in [-0.1, -0.05) is 59.6 Å². The molecule has 2 atom stereocenters. The van der Waals surface area contributed by atoms with E-state index < -0.39 is 35.2 Å². The maximum atomic E-state index is 15.5. The summed E-state index contributed by atoms with van der Waals surface area (Å²) in [4.78, 5) is 46.8. The van der Waals surface area contributed by atoms with Gasteiger partial charge in [-0.3, -0.25) is 9.80 Å². The molecule has 4 aromatic heterocycles. The van der Waals surface area contributed by atoms with E-state index in [4.69, 9.17) is 51.9 Å². The van der Waals surface area contributed by atoms with E-state index in [2.05, 4.69) is 36.9 Å². The summed E-state index contributed by atoms with van der Waals surface area (Å²) in [5.41, 5.74) is 5.44. The number of ether oxygens (including phenoxy) is 5. The summed E-state index contributed by atoms with van der Waals surface area (Å²) >= 11 is 11.7. The number of methoxy groups -OCH3 is 1. The number of benzene rings is 4. The Labute approximate surface area is 513 Å². The summed E-state index contributed by atoms with van der Waals surface area (Å²) in [6, 6.07) is 25.9. The topological polar surface area (TPSA) is 230 Å². The molecule has 86 heavy (non-hydrogen) atoms. The molecule has 8 heterocycles. The van der Waals surface area contributed by atoms with Crippen molar-refractivity contribution in [2.24, 2.45) is 0 Å². The first kappa shape index (κ1) is 64.8. The van der Waals surface area contributed by atoms with Gasteiger partial charge in [0.1, 0.15) is 47.5 Å². The molecule has 4 aliphatic rings. The fourth-order valence-corrected chi connectivity index (χ4v) is 10.6. The average molecular weight is 1220 g/mol. The van der Waals surface area contributed by atoms with Crippen LogP contribution in [-0.2, 0) is 53.6 Å². The number of rotatable bonds is 18. The van der Waals surface area contributed by atoms with Crippen LogP contribution in [0.1, 0.15) is 80.6 Å². The number of pyridine rings is 2. The molecule has 12 rings (SSSR count). The maximum absolute atomic E-state index is 15.5. The number of nitrogens with zero attached hydrogens (tertiary/aromatic N) is 8. The predicted octanol–water partition coefficient (Wildman–Crippen LogP) is 7.53. The molecule has 2 saturated heterocycles. The van der Waals surface area contributed by atoms with Crippen LogP contribution in [0.4, 0.5) is 17.6 Å². The molecule has 4 aliphatic heterocycles. The molecule has 25 heteroatoms. The van der Waals surface area contributed by atoms with Gasteiger partial charge in [-0.05, 0) is 97.5 Å². The molecular formula is C61H59Cl2F4LiN8O10. The van der Waals surface area contributed by atoms with Crippen LogP contribution in [0.2, 0.25) is 10.0 Å². The molecule has 18 nitrogen and oxygen atoms in total. The standard InChI is InChI=1S/C31H29ClF2N4O4.C30H27ClF2N4O4.Li.2H2O/c1-40-31(39)23-7-8-26-30(29(23)34)38(16-22-11-14-41-22)27(35-26)17-37-12-9-19(10-13-37)25-3-2-4-28(36-25)42-18-20-5-6-21(32)15-24(20)33;31-20-5-4-19(23(32)14-20)17-41-27-3-1-2-24(35-27)18-8-11-36(12-9-18)16-26-34-25-7-6-22(30(38)39)28(33)29(25)37(26)15-21-10-13-40-21;;;/h2-9,15,22H,10-14,16-18H2,1H3;1-8,14,21H,9-13,15-17H2,(H,38,39);;2*1H2/q;;+1;;/p-1/t22-;;;;/m0..../s1. The summed E-state index contributed by atoms with van der Waals surface area (Å²) < 4.78 is 90.1. The monoisotopic (exact) mass is 1220 g/mol. The van der Waals surface area contributed by atoms with Crippen molar-refractivity contribution >= 4 is 68.4 Å². The number of hydrogen-bond donors (Lipinski definition) is 1. The van der Waals surface area contributed by atoms with Gasteiger partial charge in [0.2, 0.25) is 11.8 Å². The normalized spacial score (nSPS) is 16.6. The van der Waals surface area contributed by atoms with Gasteiger partial charge in [0.25, 0.3) is 0 Å². The number of carbonyl (C=O) groups excluding carboxylic acids is 1. The van der Waals surface area contributed by atoms with Crippen molar-refractivity contribution in [2.75, 3.05) is 46.5 Å². The molecule has 0 saturated carbocycles. The number of fused-ring (bicyclic) bond motifs is 2. The van der Waals surface area contributed by atoms with Gasteiger partial charge in [0.05, 0.1) is 79.0 Å². The Morgan fingerprint density at radius 1 is 0.640 bits per heavy atom. The minimum Gasteiger partial charge on any atom is -0.870 e. The Bertz CT molecular complexity index is 3830. The van der Waals surface area contributed by atoms with Crippen LogP contribution in [-0.4, -0.2) is 126 Å². The van der Waals surface area contributed by atoms with E-state index in [-0.39, 0.29) is 77.4 Å². The van der Waals surface area contributed by atoms with Crippen molar-refractivity contribution in [1.82, 2.24) is 38.9 Å². The van der Waals surface area contributed by atoms with Crippen molar-refractivity contribution in [3.05, 3.63) is 188 Å². The first-order valence-corrected chi connectivity index (χ1v) is 27.8. The molecule has 0 aliphatic carbocycles. The van der Waals surface area contributed by atoms with E-state index in [1.807, 2.05) is 28.8 Å². The zero-order valence-electron chi connectivity index (χ0n) is 47.0. The molecule has 446 valence electrons. The van der Waals surface area contributed by atoms with Crippen LogP contribution in [0.3, 0.4) is 0 Å². The van der Waals surface area contributed by atoms with Crippen molar-refractivity contribution < 1.29 is 85.8 Å². The smallest absolute Gasteiger partial charge is 0.870 e. The van der Waals surface area contributed by atoms with Crippen molar-refractivity contribution in [2.45, 2.75) is 77.3 Å². The van der Waals surface area contributed by atoms with Crippen LogP contribution >= 0.6 is 23.2 Å². The Balaban J connectivity index is 0.000000216. The number of aromatic nitrogens is 6. The Kier molecular flexibility index (Phi) is 21.8. The molecular weight excluding hydrogens is 1160 g/mol. The van der Waals surface area contributed by atoms with Crippen LogP contribution < -0.4 is 28.3 Å². The van der Waals surface area contributed by atoms with E-state index in [1.54, 1.807) is 53.1 Å².